The van der Waals surface area contributed by atoms with Crippen molar-refractivity contribution in [2.24, 2.45) is 4.99 Å². The third-order valence-corrected chi connectivity index (χ3v) is 0.863. The molecule has 0 aliphatic heterocycles. The minimum absolute atomic E-state index is 1.04. The lowest BCUT2D eigenvalue weighted by atomic mass is 10.4. The fraction of sp³-hybridized carbons (Fsp3) is 0.375. The first-order valence-electron chi connectivity index (χ1n) is 3.09. The number of allylic oxidation sites excluding steroid dienone is 4. The molecule has 0 unspecified atom stereocenters. The molecular formula is C8H13N. The summed E-state index contributed by atoms with van der Waals surface area (Å²) in [5, 5.41) is 0. The van der Waals surface area contributed by atoms with Gasteiger partial charge in [0.2, 0.25) is 0 Å². The molecule has 9 heavy (non-hydrogen) atoms. The van der Waals surface area contributed by atoms with Crippen molar-refractivity contribution in [2.75, 3.05) is 0 Å². The Morgan fingerprint density at radius 2 is 2.00 bits per heavy atom. The lowest BCUT2D eigenvalue weighted by Gasteiger charge is -1.83. The zero-order valence-electron chi connectivity index (χ0n) is 6.26. The Morgan fingerprint density at radius 1 is 1.33 bits per heavy atom. The highest BCUT2D eigenvalue weighted by Gasteiger charge is 1.73. The van der Waals surface area contributed by atoms with Crippen molar-refractivity contribution in [2.45, 2.75) is 20.8 Å². The molecule has 0 aromatic rings. The summed E-state index contributed by atoms with van der Waals surface area (Å²) in [6.07, 6.45) is 7.71. The first-order chi connectivity index (χ1) is 4.31. The van der Waals surface area contributed by atoms with E-state index < -0.39 is 0 Å². The maximum Gasteiger partial charge on any atom is 0.0368 e. The summed E-state index contributed by atoms with van der Waals surface area (Å²) >= 11 is 0. The second-order valence-corrected chi connectivity index (χ2v) is 1.72. The Morgan fingerprint density at radius 3 is 2.44 bits per heavy atom. The molecule has 0 fully saturated rings. The number of hydrogen-bond acceptors (Lipinski definition) is 1. The van der Waals surface area contributed by atoms with Crippen LogP contribution >= 0.6 is 0 Å². The van der Waals surface area contributed by atoms with E-state index >= 15 is 0 Å². The number of hydrogen-bond donors (Lipinski definition) is 0. The standard InChI is InChI=1S/C8H13N/c1-4-6-7-8(3)9-5-2/h4-7H,1-3H3/b6-4+,8-7-,9-5-. The second-order valence-electron chi connectivity index (χ2n) is 1.72. The summed E-state index contributed by atoms with van der Waals surface area (Å²) in [5.74, 6) is 0. The van der Waals surface area contributed by atoms with E-state index in [-0.39, 0.29) is 0 Å². The largest absolute Gasteiger partial charge is 0.266 e. The van der Waals surface area contributed by atoms with Crippen molar-refractivity contribution >= 4 is 6.21 Å². The molecule has 0 aromatic carbocycles. The SMILES string of the molecule is C\C=N/C(C)=C\C=C\C. The summed E-state index contributed by atoms with van der Waals surface area (Å²) in [6.45, 7) is 5.87. The van der Waals surface area contributed by atoms with Crippen LogP contribution in [-0.2, 0) is 0 Å². The van der Waals surface area contributed by atoms with Crippen LogP contribution in [0.15, 0.2) is 28.9 Å². The summed E-state index contributed by atoms with van der Waals surface area (Å²) in [4.78, 5) is 4.05. The van der Waals surface area contributed by atoms with Crippen LogP contribution in [0, 0.1) is 0 Å². The molecule has 0 atom stereocenters. The van der Waals surface area contributed by atoms with Crippen LogP contribution in [-0.4, -0.2) is 6.21 Å². The van der Waals surface area contributed by atoms with Gasteiger partial charge in [-0.05, 0) is 26.8 Å². The van der Waals surface area contributed by atoms with E-state index in [1.165, 1.54) is 0 Å². The summed E-state index contributed by atoms with van der Waals surface area (Å²) in [5.41, 5.74) is 1.04. The van der Waals surface area contributed by atoms with Gasteiger partial charge in [0.1, 0.15) is 0 Å². The average Bonchev–Trinajstić information content (AvgIpc) is 1.85. The third-order valence-electron chi connectivity index (χ3n) is 0.863. The molecule has 0 rings (SSSR count). The van der Waals surface area contributed by atoms with E-state index in [2.05, 4.69) is 4.99 Å². The number of nitrogens with zero attached hydrogens (tertiary/aromatic N) is 1. The van der Waals surface area contributed by atoms with Gasteiger partial charge >= 0.3 is 0 Å². The highest BCUT2D eigenvalue weighted by Crippen LogP contribution is 1.92. The summed E-state index contributed by atoms with van der Waals surface area (Å²) in [7, 11) is 0. The van der Waals surface area contributed by atoms with E-state index in [4.69, 9.17) is 0 Å². The molecule has 0 radical (unpaired) electrons. The van der Waals surface area contributed by atoms with Crippen molar-refractivity contribution in [1.29, 1.82) is 0 Å². The van der Waals surface area contributed by atoms with Gasteiger partial charge in [-0.25, -0.2) is 0 Å². The minimum Gasteiger partial charge on any atom is -0.266 e. The van der Waals surface area contributed by atoms with E-state index in [9.17, 15) is 0 Å². The summed E-state index contributed by atoms with van der Waals surface area (Å²) < 4.78 is 0. The molecular weight excluding hydrogens is 110 g/mol. The van der Waals surface area contributed by atoms with Gasteiger partial charge in [0.05, 0.1) is 0 Å². The van der Waals surface area contributed by atoms with Gasteiger partial charge in [0.15, 0.2) is 0 Å². The van der Waals surface area contributed by atoms with E-state index in [0.717, 1.165) is 5.70 Å². The van der Waals surface area contributed by atoms with Crippen LogP contribution in [0.3, 0.4) is 0 Å². The maximum absolute atomic E-state index is 4.05. The van der Waals surface area contributed by atoms with Gasteiger partial charge in [-0.3, -0.25) is 4.99 Å². The molecule has 1 nitrogen and oxygen atoms in total. The van der Waals surface area contributed by atoms with E-state index in [0.29, 0.717) is 0 Å². The van der Waals surface area contributed by atoms with Crippen LogP contribution in [0.25, 0.3) is 0 Å². The van der Waals surface area contributed by atoms with Crippen LogP contribution in [0.4, 0.5) is 0 Å². The van der Waals surface area contributed by atoms with Crippen molar-refractivity contribution in [3.8, 4) is 0 Å². The van der Waals surface area contributed by atoms with Gasteiger partial charge < -0.3 is 0 Å². The molecule has 0 heterocycles. The van der Waals surface area contributed by atoms with Crippen molar-refractivity contribution in [1.82, 2.24) is 0 Å². The predicted molar refractivity (Wildman–Crippen MR) is 42.7 cm³/mol. The number of rotatable bonds is 2. The maximum atomic E-state index is 4.05. The molecule has 0 aliphatic carbocycles. The Labute approximate surface area is 56.8 Å². The molecule has 0 aromatic heterocycles. The average molecular weight is 123 g/mol. The fourth-order valence-corrected chi connectivity index (χ4v) is 0.482. The lowest BCUT2D eigenvalue weighted by Crippen LogP contribution is -1.66. The van der Waals surface area contributed by atoms with E-state index in [1.54, 1.807) is 6.21 Å². The Hall–Kier alpha value is -0.850. The lowest BCUT2D eigenvalue weighted by molar-refractivity contribution is 1.31. The first-order valence-corrected chi connectivity index (χ1v) is 3.09. The van der Waals surface area contributed by atoms with E-state index in [1.807, 2.05) is 39.0 Å². The van der Waals surface area contributed by atoms with Crippen LogP contribution in [0.2, 0.25) is 0 Å². The normalized spacial score (nSPS) is 13.9. The molecule has 0 amide bonds. The second kappa shape index (κ2) is 5.29. The van der Waals surface area contributed by atoms with Gasteiger partial charge in [-0.2, -0.15) is 0 Å². The van der Waals surface area contributed by atoms with Crippen molar-refractivity contribution < 1.29 is 0 Å². The Balaban J connectivity index is 3.84. The third kappa shape index (κ3) is 5.01. The smallest absolute Gasteiger partial charge is 0.0368 e. The van der Waals surface area contributed by atoms with Crippen molar-refractivity contribution in [3.05, 3.63) is 23.9 Å². The number of aliphatic imine (C=N–C) groups is 1. The molecule has 1 heteroatoms. The Bertz CT molecular complexity index is 141. The zero-order chi connectivity index (χ0) is 7.11. The van der Waals surface area contributed by atoms with Crippen molar-refractivity contribution in [3.63, 3.8) is 0 Å². The molecule has 0 aliphatic rings. The Kier molecular flexibility index (Phi) is 4.79. The minimum atomic E-state index is 1.04. The zero-order valence-corrected chi connectivity index (χ0v) is 6.26. The monoisotopic (exact) mass is 123 g/mol. The van der Waals surface area contributed by atoms with Gasteiger partial charge in [0.25, 0.3) is 0 Å². The molecule has 0 saturated carbocycles. The summed E-state index contributed by atoms with van der Waals surface area (Å²) in [6, 6.07) is 0. The molecule has 0 saturated heterocycles. The highest BCUT2D eigenvalue weighted by molar-refractivity contribution is 5.55. The molecule has 50 valence electrons. The fourth-order valence-electron chi connectivity index (χ4n) is 0.482. The molecule has 0 N–H and O–H groups in total. The van der Waals surface area contributed by atoms with Gasteiger partial charge in [-0.15, -0.1) is 0 Å². The quantitative estimate of drug-likeness (QED) is 0.395. The first kappa shape index (κ1) is 8.15. The molecule has 0 spiro atoms. The highest BCUT2D eigenvalue weighted by atomic mass is 14.7. The predicted octanol–water partition coefficient (Wildman–Crippen LogP) is 2.56. The molecule has 0 bridgehead atoms. The van der Waals surface area contributed by atoms with Crippen LogP contribution < -0.4 is 0 Å². The van der Waals surface area contributed by atoms with Gasteiger partial charge in [-0.1, -0.05) is 12.2 Å². The van der Waals surface area contributed by atoms with Gasteiger partial charge in [0, 0.05) is 11.9 Å². The van der Waals surface area contributed by atoms with Crippen LogP contribution in [0.5, 0.6) is 0 Å². The topological polar surface area (TPSA) is 12.4 Å². The van der Waals surface area contributed by atoms with Crippen LogP contribution in [0.1, 0.15) is 20.8 Å².